The van der Waals surface area contributed by atoms with Crippen molar-refractivity contribution in [3.8, 4) is 0 Å². The Balaban J connectivity index is 1.76. The molecule has 1 aliphatic carbocycles. The molecule has 0 unspecified atom stereocenters. The number of rotatable bonds is 4. The minimum Gasteiger partial charge on any atom is -0.465 e. The average molecular weight is 389 g/mol. The van der Waals surface area contributed by atoms with Crippen LogP contribution in [0.5, 0.6) is 0 Å². The molecule has 0 fully saturated rings. The van der Waals surface area contributed by atoms with Crippen molar-refractivity contribution < 1.29 is 9.53 Å². The number of thiophene rings is 1. The molecule has 0 saturated heterocycles. The van der Waals surface area contributed by atoms with Crippen molar-refractivity contribution in [3.63, 3.8) is 0 Å². The summed E-state index contributed by atoms with van der Waals surface area (Å²) in [6, 6.07) is 10.1. The molecular formula is C20H24N2O2S2. The number of methoxy groups -OCH3 is 1. The number of nitrogens with one attached hydrogen (secondary N) is 2. The van der Waals surface area contributed by atoms with E-state index in [4.69, 9.17) is 17.0 Å². The Bertz CT molecular complexity index is 772. The monoisotopic (exact) mass is 388 g/mol. The first-order valence-electron chi connectivity index (χ1n) is 9.00. The van der Waals surface area contributed by atoms with E-state index in [1.165, 1.54) is 31.2 Å². The van der Waals surface area contributed by atoms with Gasteiger partial charge in [-0.25, -0.2) is 4.79 Å². The van der Waals surface area contributed by atoms with Crippen LogP contribution in [0, 0.1) is 0 Å². The maximum absolute atomic E-state index is 12.4. The average Bonchev–Trinajstić information content (AvgIpc) is 2.96. The summed E-state index contributed by atoms with van der Waals surface area (Å²) in [4.78, 5) is 13.7. The number of hydrogen-bond donors (Lipinski definition) is 2. The van der Waals surface area contributed by atoms with E-state index >= 15 is 0 Å². The fourth-order valence-electron chi connectivity index (χ4n) is 3.25. The quantitative estimate of drug-likeness (QED) is 0.588. The first-order valence-corrected chi connectivity index (χ1v) is 10.2. The standard InChI is InChI=1S/C20H24N2O2S2/c1-24-19(23)17-15-11-7-2-3-8-12-16(15)26-18(17)22-20(25)21-13-14-9-5-4-6-10-14/h4-6,9-10H,2-3,7-8,11-13H2,1H3,(H2,21,22,25). The van der Waals surface area contributed by atoms with Crippen molar-refractivity contribution in [2.24, 2.45) is 0 Å². The van der Waals surface area contributed by atoms with Gasteiger partial charge in [-0.3, -0.25) is 0 Å². The number of carbonyl (C=O) groups is 1. The topological polar surface area (TPSA) is 50.4 Å². The number of anilines is 1. The molecule has 1 aromatic heterocycles. The molecular weight excluding hydrogens is 364 g/mol. The SMILES string of the molecule is COC(=O)c1c(NC(=S)NCc2ccccc2)sc2c1CCCCCC2. The van der Waals surface area contributed by atoms with Gasteiger partial charge in [-0.2, -0.15) is 0 Å². The molecule has 0 atom stereocenters. The van der Waals surface area contributed by atoms with Gasteiger partial charge in [0.2, 0.25) is 0 Å². The predicted octanol–water partition coefficient (Wildman–Crippen LogP) is 4.68. The molecule has 2 N–H and O–H groups in total. The molecule has 4 nitrogen and oxygen atoms in total. The van der Waals surface area contributed by atoms with Gasteiger partial charge in [0.15, 0.2) is 5.11 Å². The van der Waals surface area contributed by atoms with Gasteiger partial charge in [0.05, 0.1) is 12.7 Å². The number of thiocarbonyl (C=S) groups is 1. The van der Waals surface area contributed by atoms with Crippen LogP contribution in [0.15, 0.2) is 30.3 Å². The van der Waals surface area contributed by atoms with Crippen LogP contribution in [0.2, 0.25) is 0 Å². The fraction of sp³-hybridized carbons (Fsp3) is 0.400. The highest BCUT2D eigenvalue weighted by Crippen LogP contribution is 2.37. The Labute approximate surface area is 164 Å². The molecule has 1 aromatic carbocycles. The second kappa shape index (κ2) is 9.14. The third-order valence-electron chi connectivity index (χ3n) is 4.58. The molecule has 26 heavy (non-hydrogen) atoms. The van der Waals surface area contributed by atoms with E-state index in [1.807, 2.05) is 30.3 Å². The summed E-state index contributed by atoms with van der Waals surface area (Å²) in [5.41, 5.74) is 2.97. The maximum atomic E-state index is 12.4. The minimum atomic E-state index is -0.281. The lowest BCUT2D eigenvalue weighted by Gasteiger charge is -2.12. The molecule has 1 heterocycles. The van der Waals surface area contributed by atoms with Crippen LogP contribution in [0.4, 0.5) is 5.00 Å². The molecule has 0 amide bonds. The van der Waals surface area contributed by atoms with Crippen LogP contribution in [0.3, 0.4) is 0 Å². The minimum absolute atomic E-state index is 0.281. The van der Waals surface area contributed by atoms with Crippen LogP contribution in [0.1, 0.15) is 52.0 Å². The number of benzene rings is 1. The number of fused-ring (bicyclic) bond motifs is 1. The lowest BCUT2D eigenvalue weighted by molar-refractivity contribution is 0.0601. The third-order valence-corrected chi connectivity index (χ3v) is 6.04. The zero-order valence-corrected chi connectivity index (χ0v) is 16.6. The Morgan fingerprint density at radius 2 is 1.88 bits per heavy atom. The normalized spacial score (nSPS) is 13.9. The van der Waals surface area contributed by atoms with E-state index in [9.17, 15) is 4.79 Å². The Hall–Kier alpha value is -1.92. The van der Waals surface area contributed by atoms with Crippen molar-refractivity contribution >= 4 is 39.6 Å². The molecule has 3 rings (SSSR count). The molecule has 0 spiro atoms. The largest absolute Gasteiger partial charge is 0.465 e. The van der Waals surface area contributed by atoms with Crippen LogP contribution in [0.25, 0.3) is 0 Å². The highest BCUT2D eigenvalue weighted by molar-refractivity contribution is 7.80. The van der Waals surface area contributed by atoms with E-state index in [1.54, 1.807) is 11.3 Å². The summed E-state index contributed by atoms with van der Waals surface area (Å²) >= 11 is 7.08. The number of carbonyl (C=O) groups excluding carboxylic acids is 1. The van der Waals surface area contributed by atoms with Crippen LogP contribution in [-0.4, -0.2) is 18.2 Å². The number of ether oxygens (including phenoxy) is 1. The van der Waals surface area contributed by atoms with Crippen molar-refractivity contribution in [1.82, 2.24) is 5.32 Å². The van der Waals surface area contributed by atoms with Gasteiger partial charge >= 0.3 is 5.97 Å². The van der Waals surface area contributed by atoms with Gasteiger partial charge in [0, 0.05) is 11.4 Å². The Morgan fingerprint density at radius 3 is 2.62 bits per heavy atom. The van der Waals surface area contributed by atoms with Gasteiger partial charge in [-0.05, 0) is 49.0 Å². The second-order valence-electron chi connectivity index (χ2n) is 6.41. The van der Waals surface area contributed by atoms with Crippen LogP contribution < -0.4 is 10.6 Å². The molecule has 138 valence electrons. The number of hydrogen-bond acceptors (Lipinski definition) is 4. The maximum Gasteiger partial charge on any atom is 0.341 e. The van der Waals surface area contributed by atoms with Crippen molar-refractivity contribution in [3.05, 3.63) is 51.9 Å². The zero-order valence-electron chi connectivity index (χ0n) is 15.0. The highest BCUT2D eigenvalue weighted by atomic mass is 32.1. The Kier molecular flexibility index (Phi) is 6.63. The van der Waals surface area contributed by atoms with Gasteiger partial charge < -0.3 is 15.4 Å². The first-order chi connectivity index (χ1) is 12.7. The number of esters is 1. The van der Waals surface area contributed by atoms with E-state index in [2.05, 4.69) is 10.6 Å². The third kappa shape index (κ3) is 4.62. The number of aryl methyl sites for hydroxylation is 1. The fourth-order valence-corrected chi connectivity index (χ4v) is 4.77. The van der Waals surface area contributed by atoms with E-state index in [0.717, 1.165) is 35.4 Å². The van der Waals surface area contributed by atoms with Crippen LogP contribution in [-0.2, 0) is 24.1 Å². The molecule has 0 saturated carbocycles. The molecule has 1 aliphatic rings. The summed E-state index contributed by atoms with van der Waals surface area (Å²) in [5.74, 6) is -0.281. The van der Waals surface area contributed by atoms with Gasteiger partial charge in [0.25, 0.3) is 0 Å². The van der Waals surface area contributed by atoms with E-state index < -0.39 is 0 Å². The smallest absolute Gasteiger partial charge is 0.341 e. The first kappa shape index (κ1) is 18.9. The van der Waals surface area contributed by atoms with Gasteiger partial charge in [0.1, 0.15) is 5.00 Å². The molecule has 2 aromatic rings. The summed E-state index contributed by atoms with van der Waals surface area (Å²) in [5, 5.41) is 7.77. The summed E-state index contributed by atoms with van der Waals surface area (Å²) < 4.78 is 5.05. The van der Waals surface area contributed by atoms with Gasteiger partial charge in [-0.15, -0.1) is 11.3 Å². The molecule has 0 bridgehead atoms. The lowest BCUT2D eigenvalue weighted by Crippen LogP contribution is -2.28. The summed E-state index contributed by atoms with van der Waals surface area (Å²) in [7, 11) is 1.44. The second-order valence-corrected chi connectivity index (χ2v) is 7.92. The zero-order chi connectivity index (χ0) is 18.4. The van der Waals surface area contributed by atoms with Gasteiger partial charge in [-0.1, -0.05) is 43.2 Å². The highest BCUT2D eigenvalue weighted by Gasteiger charge is 2.25. The predicted molar refractivity (Wildman–Crippen MR) is 111 cm³/mol. The summed E-state index contributed by atoms with van der Waals surface area (Å²) in [6.45, 7) is 0.644. The molecule has 6 heteroatoms. The molecule has 0 radical (unpaired) electrons. The Morgan fingerprint density at radius 1 is 1.15 bits per heavy atom. The molecule has 0 aliphatic heterocycles. The van der Waals surface area contributed by atoms with E-state index in [0.29, 0.717) is 17.2 Å². The lowest BCUT2D eigenvalue weighted by atomic mass is 9.96. The summed E-state index contributed by atoms with van der Waals surface area (Å²) in [6.07, 6.45) is 6.71. The van der Waals surface area contributed by atoms with Crippen LogP contribution >= 0.6 is 23.6 Å². The van der Waals surface area contributed by atoms with E-state index in [-0.39, 0.29) is 5.97 Å². The van der Waals surface area contributed by atoms with Crippen molar-refractivity contribution in [2.45, 2.75) is 45.1 Å². The van der Waals surface area contributed by atoms with Crippen molar-refractivity contribution in [1.29, 1.82) is 0 Å². The van der Waals surface area contributed by atoms with Crippen molar-refractivity contribution in [2.75, 3.05) is 12.4 Å².